The second-order valence-corrected chi connectivity index (χ2v) is 8.40. The van der Waals surface area contributed by atoms with Crippen LogP contribution in [0.25, 0.3) is 0 Å². The minimum Gasteiger partial charge on any atom is -0.495 e. The number of nitrogens with zero attached hydrogens (tertiary/aromatic N) is 3. The van der Waals surface area contributed by atoms with E-state index < -0.39 is 11.7 Å². The molecule has 0 aromatic carbocycles. The molecule has 1 atom stereocenters. The first kappa shape index (κ1) is 20.1. The van der Waals surface area contributed by atoms with Gasteiger partial charge in [0.1, 0.15) is 24.3 Å². The first-order valence-electron chi connectivity index (χ1n) is 8.71. The summed E-state index contributed by atoms with van der Waals surface area (Å²) in [4.78, 5) is 35.7. The third-order valence-electron chi connectivity index (χ3n) is 4.04. The van der Waals surface area contributed by atoms with Gasteiger partial charge in [0.15, 0.2) is 0 Å². The molecule has 0 fully saturated rings. The number of fused-ring (bicyclic) bond motifs is 1. The second-order valence-electron chi connectivity index (χ2n) is 7.49. The maximum Gasteiger partial charge on any atom is 0.260 e. The van der Waals surface area contributed by atoms with Crippen LogP contribution in [-0.4, -0.2) is 45.9 Å². The molecule has 148 valence electrons. The predicted octanol–water partition coefficient (Wildman–Crippen LogP) is 2.73. The average molecular weight is 448 g/mol. The minimum absolute atomic E-state index is 0.114. The van der Waals surface area contributed by atoms with Crippen molar-refractivity contribution in [2.75, 3.05) is 19.0 Å². The van der Waals surface area contributed by atoms with E-state index in [9.17, 15) is 9.59 Å². The van der Waals surface area contributed by atoms with E-state index in [0.29, 0.717) is 27.2 Å². The number of halogens is 1. The van der Waals surface area contributed by atoms with Gasteiger partial charge in [-0.15, -0.1) is 0 Å². The van der Waals surface area contributed by atoms with Crippen molar-refractivity contribution in [3.63, 3.8) is 0 Å². The summed E-state index contributed by atoms with van der Waals surface area (Å²) < 4.78 is 5.93. The Morgan fingerprint density at radius 3 is 2.75 bits per heavy atom. The lowest BCUT2D eigenvalue weighted by atomic mass is 10.1. The van der Waals surface area contributed by atoms with Gasteiger partial charge >= 0.3 is 0 Å². The van der Waals surface area contributed by atoms with Gasteiger partial charge < -0.3 is 20.3 Å². The highest BCUT2D eigenvalue weighted by Crippen LogP contribution is 2.33. The topological polar surface area (TPSA) is 96.4 Å². The minimum atomic E-state index is -0.609. The Morgan fingerprint density at radius 1 is 1.32 bits per heavy atom. The van der Waals surface area contributed by atoms with Crippen LogP contribution in [0, 0.1) is 0 Å². The Balaban J connectivity index is 1.99. The van der Waals surface area contributed by atoms with Gasteiger partial charge in [-0.05, 0) is 48.8 Å². The first-order chi connectivity index (χ1) is 13.2. The third kappa shape index (κ3) is 4.41. The molecule has 3 heterocycles. The van der Waals surface area contributed by atoms with Gasteiger partial charge in [-0.1, -0.05) is 0 Å². The summed E-state index contributed by atoms with van der Waals surface area (Å²) in [5.74, 6) is 0.461. The summed E-state index contributed by atoms with van der Waals surface area (Å²) >= 11 is 3.34. The van der Waals surface area contributed by atoms with Crippen molar-refractivity contribution in [3.8, 4) is 5.75 Å². The van der Waals surface area contributed by atoms with Crippen LogP contribution in [0.2, 0.25) is 0 Å². The monoisotopic (exact) mass is 447 g/mol. The van der Waals surface area contributed by atoms with Gasteiger partial charge in [0.05, 0.1) is 18.9 Å². The number of methoxy groups -OCH3 is 1. The lowest BCUT2D eigenvalue weighted by Crippen LogP contribution is -2.51. The number of pyridine rings is 2. The van der Waals surface area contributed by atoms with E-state index in [1.54, 1.807) is 37.8 Å². The number of aromatic nitrogens is 2. The summed E-state index contributed by atoms with van der Waals surface area (Å²) in [6.45, 7) is 5.56. The predicted molar refractivity (Wildman–Crippen MR) is 108 cm³/mol. The van der Waals surface area contributed by atoms with Gasteiger partial charge in [-0.3, -0.25) is 14.6 Å². The third-order valence-corrected chi connectivity index (χ3v) is 4.48. The number of amides is 2. The highest BCUT2D eigenvalue weighted by molar-refractivity contribution is 9.10. The lowest BCUT2D eigenvalue weighted by molar-refractivity contribution is -0.123. The number of carbonyl (C=O) groups is 2. The van der Waals surface area contributed by atoms with Crippen LogP contribution in [0.5, 0.6) is 5.75 Å². The van der Waals surface area contributed by atoms with Crippen molar-refractivity contribution in [2.45, 2.75) is 32.5 Å². The van der Waals surface area contributed by atoms with Crippen LogP contribution in [-0.2, 0) is 4.79 Å². The van der Waals surface area contributed by atoms with Crippen molar-refractivity contribution < 1.29 is 14.3 Å². The Kier molecular flexibility index (Phi) is 5.55. The van der Waals surface area contributed by atoms with Gasteiger partial charge in [-0.2, -0.15) is 0 Å². The van der Waals surface area contributed by atoms with Crippen molar-refractivity contribution in [1.29, 1.82) is 0 Å². The molecule has 0 radical (unpaired) electrons. The maximum absolute atomic E-state index is 13.2. The number of ether oxygens (including phenoxy) is 1. The summed E-state index contributed by atoms with van der Waals surface area (Å²) in [5.41, 5.74) is 0.676. The number of rotatable bonds is 4. The molecule has 0 saturated heterocycles. The largest absolute Gasteiger partial charge is 0.495 e. The van der Waals surface area contributed by atoms with E-state index in [2.05, 4.69) is 36.5 Å². The van der Waals surface area contributed by atoms with E-state index in [1.807, 2.05) is 20.8 Å². The van der Waals surface area contributed by atoms with Gasteiger partial charge in [0, 0.05) is 28.0 Å². The molecule has 1 aliphatic rings. The molecule has 0 saturated carbocycles. The molecule has 1 unspecified atom stereocenters. The summed E-state index contributed by atoms with van der Waals surface area (Å²) in [6, 6.07) is 3.46. The highest BCUT2D eigenvalue weighted by Gasteiger charge is 2.36. The van der Waals surface area contributed by atoms with Crippen molar-refractivity contribution in [3.05, 3.63) is 46.3 Å². The quantitative estimate of drug-likeness (QED) is 0.747. The van der Waals surface area contributed by atoms with Gasteiger partial charge in [0.25, 0.3) is 5.91 Å². The molecular weight excluding hydrogens is 426 g/mol. The molecule has 0 bridgehead atoms. The zero-order chi connectivity index (χ0) is 20.5. The number of nitrogens with one attached hydrogen (secondary N) is 2. The zero-order valence-electron chi connectivity index (χ0n) is 16.1. The number of hydrogen-bond donors (Lipinski definition) is 2. The van der Waals surface area contributed by atoms with E-state index >= 15 is 0 Å². The van der Waals surface area contributed by atoms with Crippen LogP contribution in [0.1, 0.15) is 42.9 Å². The van der Waals surface area contributed by atoms with Crippen molar-refractivity contribution in [1.82, 2.24) is 20.2 Å². The summed E-state index contributed by atoms with van der Waals surface area (Å²) in [7, 11) is 1.54. The van der Waals surface area contributed by atoms with Gasteiger partial charge in [0.2, 0.25) is 5.91 Å². The fraction of sp³-hybridized carbons (Fsp3) is 0.368. The molecule has 2 N–H and O–H groups in total. The molecule has 1 aliphatic heterocycles. The highest BCUT2D eigenvalue weighted by atomic mass is 79.9. The van der Waals surface area contributed by atoms with Crippen LogP contribution < -0.4 is 15.4 Å². The van der Waals surface area contributed by atoms with E-state index in [1.165, 1.54) is 4.90 Å². The van der Waals surface area contributed by atoms with E-state index in [-0.39, 0.29) is 18.4 Å². The number of anilines is 1. The second kappa shape index (κ2) is 7.75. The zero-order valence-corrected chi connectivity index (χ0v) is 17.7. The molecule has 9 heteroatoms. The number of carbonyl (C=O) groups excluding carboxylic acids is 2. The fourth-order valence-electron chi connectivity index (χ4n) is 2.93. The molecule has 2 amide bonds. The van der Waals surface area contributed by atoms with Crippen molar-refractivity contribution in [2.24, 2.45) is 0 Å². The summed E-state index contributed by atoms with van der Waals surface area (Å²) in [6.07, 6.45) is 4.21. The molecule has 2 aromatic heterocycles. The molecule has 8 nitrogen and oxygen atoms in total. The smallest absolute Gasteiger partial charge is 0.260 e. The average Bonchev–Trinajstić information content (AvgIpc) is 2.63. The van der Waals surface area contributed by atoms with Gasteiger partial charge in [-0.25, -0.2) is 4.98 Å². The van der Waals surface area contributed by atoms with Crippen LogP contribution in [0.3, 0.4) is 0 Å². The first-order valence-corrected chi connectivity index (χ1v) is 9.50. The number of hydrogen-bond acceptors (Lipinski definition) is 6. The van der Waals surface area contributed by atoms with Crippen molar-refractivity contribution >= 4 is 33.6 Å². The molecule has 3 rings (SSSR count). The van der Waals surface area contributed by atoms with Crippen LogP contribution in [0.4, 0.5) is 5.82 Å². The molecule has 0 spiro atoms. The normalized spacial score (nSPS) is 16.2. The Bertz CT molecular complexity index is 913. The maximum atomic E-state index is 13.2. The van der Waals surface area contributed by atoms with E-state index in [4.69, 9.17) is 4.74 Å². The summed E-state index contributed by atoms with van der Waals surface area (Å²) in [5, 5.41) is 6.13. The molecule has 2 aromatic rings. The standard InChI is InChI=1S/C19H22BrN5O3/c1-19(2,3)24-15(26)10-25-17(11-5-13(28-4)9-21-7-11)23-16-14(18(25)27)6-12(20)8-22-16/h5-9,17H,10H2,1-4H3,(H,22,23)(H,24,26). The molecule has 28 heavy (non-hydrogen) atoms. The Hall–Kier alpha value is -2.68. The van der Waals surface area contributed by atoms with E-state index in [0.717, 1.165) is 0 Å². The van der Waals surface area contributed by atoms with Crippen LogP contribution >= 0.6 is 15.9 Å². The molecule has 0 aliphatic carbocycles. The lowest BCUT2D eigenvalue weighted by Gasteiger charge is -2.37. The Labute approximate surface area is 171 Å². The SMILES string of the molecule is COc1cncc(C2Nc3ncc(Br)cc3C(=O)N2CC(=O)NC(C)(C)C)c1. The van der Waals surface area contributed by atoms with Crippen LogP contribution in [0.15, 0.2) is 35.2 Å². The fourth-order valence-corrected chi connectivity index (χ4v) is 3.26. The molecular formula is C19H22BrN5O3. The Morgan fingerprint density at radius 2 is 2.07 bits per heavy atom.